The van der Waals surface area contributed by atoms with E-state index in [0.717, 1.165) is 29.2 Å². The first-order valence-electron chi connectivity index (χ1n) is 8.13. The molecular formula is C18H22BrNO. The molecule has 0 bridgehead atoms. The highest BCUT2D eigenvalue weighted by Crippen LogP contribution is 2.46. The number of benzene rings is 1. The third-order valence-electron chi connectivity index (χ3n) is 5.32. The second-order valence-electron chi connectivity index (χ2n) is 6.70. The highest BCUT2D eigenvalue weighted by Gasteiger charge is 2.45. The number of nitrogens with zero attached hydrogens (tertiary/aromatic N) is 1. The average molecular weight is 348 g/mol. The van der Waals surface area contributed by atoms with Crippen molar-refractivity contribution < 1.29 is 4.74 Å². The van der Waals surface area contributed by atoms with Crippen LogP contribution in [0.15, 0.2) is 35.1 Å². The number of halogens is 1. The normalized spacial score (nSPS) is 28.4. The van der Waals surface area contributed by atoms with Crippen LogP contribution in [0.25, 0.3) is 0 Å². The van der Waals surface area contributed by atoms with Crippen LogP contribution in [0, 0.1) is 5.92 Å². The Morgan fingerprint density at radius 2 is 2.05 bits per heavy atom. The number of rotatable bonds is 2. The van der Waals surface area contributed by atoms with Crippen molar-refractivity contribution in [3.8, 4) is 0 Å². The third-order valence-corrected chi connectivity index (χ3v) is 5.82. The summed E-state index contributed by atoms with van der Waals surface area (Å²) in [4.78, 5) is 2.44. The van der Waals surface area contributed by atoms with Gasteiger partial charge in [-0.1, -0.05) is 41.3 Å². The summed E-state index contributed by atoms with van der Waals surface area (Å²) in [5, 5.41) is 0. The second kappa shape index (κ2) is 5.35. The predicted molar refractivity (Wildman–Crippen MR) is 87.9 cm³/mol. The van der Waals surface area contributed by atoms with E-state index < -0.39 is 0 Å². The van der Waals surface area contributed by atoms with Crippen LogP contribution in [0.5, 0.6) is 0 Å². The van der Waals surface area contributed by atoms with Crippen molar-refractivity contribution in [1.82, 2.24) is 4.90 Å². The maximum atomic E-state index is 6.08. The molecule has 1 aromatic carbocycles. The van der Waals surface area contributed by atoms with Crippen LogP contribution in [0.2, 0.25) is 0 Å². The highest BCUT2D eigenvalue weighted by atomic mass is 79.9. The van der Waals surface area contributed by atoms with Crippen molar-refractivity contribution in [2.24, 2.45) is 5.92 Å². The molecule has 2 unspecified atom stereocenters. The third kappa shape index (κ3) is 2.40. The van der Waals surface area contributed by atoms with Gasteiger partial charge >= 0.3 is 0 Å². The zero-order valence-corrected chi connectivity index (χ0v) is 13.9. The van der Waals surface area contributed by atoms with Crippen molar-refractivity contribution in [3.05, 3.63) is 46.3 Å². The molecule has 1 saturated carbocycles. The molecule has 2 atom stereocenters. The van der Waals surface area contributed by atoms with E-state index in [-0.39, 0.29) is 6.10 Å². The Labute approximate surface area is 135 Å². The van der Waals surface area contributed by atoms with Gasteiger partial charge in [0.1, 0.15) is 6.10 Å². The van der Waals surface area contributed by atoms with E-state index >= 15 is 0 Å². The first-order chi connectivity index (χ1) is 10.2. The van der Waals surface area contributed by atoms with E-state index in [1.165, 1.54) is 43.2 Å². The number of hydrogen-bond acceptors (Lipinski definition) is 2. The molecule has 1 saturated heterocycles. The minimum atomic E-state index is 0.269. The van der Waals surface area contributed by atoms with Gasteiger partial charge in [0.2, 0.25) is 0 Å². The van der Waals surface area contributed by atoms with Crippen molar-refractivity contribution >= 4 is 15.9 Å². The summed E-state index contributed by atoms with van der Waals surface area (Å²) in [6.45, 7) is 5.29. The maximum absolute atomic E-state index is 6.08. The van der Waals surface area contributed by atoms with Gasteiger partial charge in [0.25, 0.3) is 0 Å². The van der Waals surface area contributed by atoms with E-state index in [9.17, 15) is 0 Å². The monoisotopic (exact) mass is 347 g/mol. The molecule has 0 radical (unpaired) electrons. The Morgan fingerprint density at radius 3 is 2.86 bits per heavy atom. The van der Waals surface area contributed by atoms with Crippen LogP contribution < -0.4 is 0 Å². The number of ether oxygens (including phenoxy) is 1. The molecule has 0 amide bonds. The van der Waals surface area contributed by atoms with Gasteiger partial charge in [-0.15, -0.1) is 0 Å². The summed E-state index contributed by atoms with van der Waals surface area (Å²) in [5.41, 5.74) is 2.87. The van der Waals surface area contributed by atoms with E-state index in [0.29, 0.717) is 6.04 Å². The lowest BCUT2D eigenvalue weighted by Crippen LogP contribution is -2.30. The van der Waals surface area contributed by atoms with E-state index in [1.807, 2.05) is 0 Å². The molecular weight excluding hydrogens is 326 g/mol. The molecule has 4 rings (SSSR count). The molecule has 0 aromatic heterocycles. The molecule has 1 aliphatic heterocycles. The molecule has 1 heterocycles. The summed E-state index contributed by atoms with van der Waals surface area (Å²) in [6, 6.07) is 7.03. The minimum Gasteiger partial charge on any atom is -0.473 e. The fourth-order valence-corrected chi connectivity index (χ4v) is 4.67. The minimum absolute atomic E-state index is 0.269. The fraction of sp³-hybridized carbons (Fsp3) is 0.556. The van der Waals surface area contributed by atoms with Crippen LogP contribution in [0.3, 0.4) is 0 Å². The smallest absolute Gasteiger partial charge is 0.182 e. The molecule has 2 aliphatic carbocycles. The first-order valence-corrected chi connectivity index (χ1v) is 8.92. The van der Waals surface area contributed by atoms with E-state index in [1.54, 1.807) is 0 Å². The van der Waals surface area contributed by atoms with Crippen LogP contribution in [0.4, 0.5) is 0 Å². The van der Waals surface area contributed by atoms with E-state index in [4.69, 9.17) is 4.74 Å². The lowest BCUT2D eigenvalue weighted by Gasteiger charge is -2.31. The van der Waals surface area contributed by atoms with Crippen molar-refractivity contribution in [3.63, 3.8) is 0 Å². The van der Waals surface area contributed by atoms with Gasteiger partial charge in [-0.25, -0.2) is 0 Å². The standard InChI is InChI=1S/C18H22BrNO/c1-12-20(11-13-5-3-2-4-6-13)18-16-10-15(19)8-7-14(16)9-17(18)21-12/h7-8,10,13,17-18H,1-6,9,11H2. The molecule has 3 aliphatic rings. The Balaban J connectivity index is 1.60. The summed E-state index contributed by atoms with van der Waals surface area (Å²) in [6.07, 6.45) is 8.22. The Hall–Kier alpha value is -0.960. The van der Waals surface area contributed by atoms with Crippen molar-refractivity contribution in [2.45, 2.75) is 50.7 Å². The lowest BCUT2D eigenvalue weighted by molar-refractivity contribution is 0.157. The van der Waals surface area contributed by atoms with Gasteiger partial charge in [0.05, 0.1) is 6.04 Å². The fourth-order valence-electron chi connectivity index (χ4n) is 4.29. The van der Waals surface area contributed by atoms with Gasteiger partial charge in [-0.05, 0) is 48.6 Å². The zero-order chi connectivity index (χ0) is 14.4. The lowest BCUT2D eigenvalue weighted by atomic mass is 9.88. The molecule has 3 heteroatoms. The summed E-state index contributed by atoms with van der Waals surface area (Å²) >= 11 is 3.61. The Bertz CT molecular complexity index is 564. The van der Waals surface area contributed by atoms with Crippen LogP contribution in [-0.2, 0) is 11.2 Å². The summed E-state index contributed by atoms with van der Waals surface area (Å²) in [7, 11) is 0. The van der Waals surface area contributed by atoms with Crippen LogP contribution in [-0.4, -0.2) is 17.5 Å². The quantitative estimate of drug-likeness (QED) is 0.761. The molecule has 0 N–H and O–H groups in total. The highest BCUT2D eigenvalue weighted by molar-refractivity contribution is 9.10. The maximum Gasteiger partial charge on any atom is 0.182 e. The molecule has 2 nitrogen and oxygen atoms in total. The van der Waals surface area contributed by atoms with Crippen molar-refractivity contribution in [1.29, 1.82) is 0 Å². The van der Waals surface area contributed by atoms with Crippen LogP contribution >= 0.6 is 15.9 Å². The SMILES string of the molecule is C=C1OC2Cc3ccc(Br)cc3C2N1CC1CCCCC1. The first kappa shape index (κ1) is 13.7. The van der Waals surface area contributed by atoms with Gasteiger partial charge in [-0.3, -0.25) is 0 Å². The predicted octanol–water partition coefficient (Wildman–Crippen LogP) is 4.80. The zero-order valence-electron chi connectivity index (χ0n) is 12.4. The van der Waals surface area contributed by atoms with Gasteiger partial charge in [-0.2, -0.15) is 0 Å². The number of hydrogen-bond donors (Lipinski definition) is 0. The van der Waals surface area contributed by atoms with Gasteiger partial charge in [0, 0.05) is 17.4 Å². The average Bonchev–Trinajstić information content (AvgIpc) is 2.97. The largest absolute Gasteiger partial charge is 0.473 e. The molecule has 21 heavy (non-hydrogen) atoms. The second-order valence-corrected chi connectivity index (χ2v) is 7.61. The number of fused-ring (bicyclic) bond motifs is 3. The molecule has 2 fully saturated rings. The topological polar surface area (TPSA) is 12.5 Å². The summed E-state index contributed by atoms with van der Waals surface area (Å²) < 4.78 is 7.24. The van der Waals surface area contributed by atoms with E-state index in [2.05, 4.69) is 45.6 Å². The van der Waals surface area contributed by atoms with Crippen LogP contribution in [0.1, 0.15) is 49.3 Å². The molecule has 112 valence electrons. The van der Waals surface area contributed by atoms with Gasteiger partial charge in [0.15, 0.2) is 5.88 Å². The Morgan fingerprint density at radius 1 is 1.24 bits per heavy atom. The van der Waals surface area contributed by atoms with Crippen molar-refractivity contribution in [2.75, 3.05) is 6.54 Å². The van der Waals surface area contributed by atoms with Gasteiger partial charge < -0.3 is 9.64 Å². The molecule has 1 aromatic rings. The molecule has 0 spiro atoms. The Kier molecular flexibility index (Phi) is 3.49. The summed E-state index contributed by atoms with van der Waals surface area (Å²) in [5.74, 6) is 1.70.